The molecule has 0 unspecified atom stereocenters. The lowest BCUT2D eigenvalue weighted by Gasteiger charge is -2.37. The molecule has 2 aromatic rings. The standard InChI is InChI=1S/C17H17BrFN/c1-11-8-13(6-7-17(11)19)20-14-9-12(10-14)15-4-2-3-5-16(15)18/h2-8,12,14,20H,9-10H2,1H3. The van der Waals surface area contributed by atoms with Gasteiger partial charge in [-0.3, -0.25) is 0 Å². The summed E-state index contributed by atoms with van der Waals surface area (Å²) in [5.41, 5.74) is 3.09. The number of hydrogen-bond acceptors (Lipinski definition) is 1. The highest BCUT2D eigenvalue weighted by Crippen LogP contribution is 2.41. The zero-order chi connectivity index (χ0) is 14.1. The van der Waals surface area contributed by atoms with Crippen LogP contribution in [0.1, 0.15) is 29.9 Å². The molecule has 1 aliphatic carbocycles. The summed E-state index contributed by atoms with van der Waals surface area (Å²) in [5, 5.41) is 3.48. The van der Waals surface area contributed by atoms with Gasteiger partial charge in [0.15, 0.2) is 0 Å². The Balaban J connectivity index is 1.61. The van der Waals surface area contributed by atoms with Crippen molar-refractivity contribution >= 4 is 21.6 Å². The minimum Gasteiger partial charge on any atom is -0.382 e. The molecule has 104 valence electrons. The first kappa shape index (κ1) is 13.6. The number of aryl methyl sites for hydroxylation is 1. The lowest BCUT2D eigenvalue weighted by atomic mass is 9.76. The van der Waals surface area contributed by atoms with E-state index in [4.69, 9.17) is 0 Å². The number of anilines is 1. The minimum atomic E-state index is -0.143. The highest BCUT2D eigenvalue weighted by atomic mass is 79.9. The van der Waals surface area contributed by atoms with Crippen molar-refractivity contribution in [3.05, 3.63) is 63.9 Å². The number of rotatable bonds is 3. The van der Waals surface area contributed by atoms with Crippen LogP contribution in [0.15, 0.2) is 46.9 Å². The second kappa shape index (κ2) is 5.57. The zero-order valence-corrected chi connectivity index (χ0v) is 13.0. The van der Waals surface area contributed by atoms with Crippen molar-refractivity contribution in [3.8, 4) is 0 Å². The van der Waals surface area contributed by atoms with Crippen LogP contribution in [0.4, 0.5) is 10.1 Å². The molecule has 1 N–H and O–H groups in total. The molecule has 0 bridgehead atoms. The molecule has 1 saturated carbocycles. The molecule has 3 heteroatoms. The van der Waals surface area contributed by atoms with E-state index in [0.717, 1.165) is 18.5 Å². The quantitative estimate of drug-likeness (QED) is 0.808. The van der Waals surface area contributed by atoms with Crippen molar-refractivity contribution in [2.24, 2.45) is 0 Å². The lowest BCUT2D eigenvalue weighted by Crippen LogP contribution is -2.34. The van der Waals surface area contributed by atoms with Gasteiger partial charge in [-0.1, -0.05) is 34.1 Å². The van der Waals surface area contributed by atoms with E-state index in [2.05, 4.69) is 39.4 Å². The van der Waals surface area contributed by atoms with Gasteiger partial charge in [0.25, 0.3) is 0 Å². The molecule has 0 aromatic heterocycles. The van der Waals surface area contributed by atoms with Gasteiger partial charge in [0.1, 0.15) is 5.82 Å². The van der Waals surface area contributed by atoms with E-state index in [1.165, 1.54) is 16.1 Å². The summed E-state index contributed by atoms with van der Waals surface area (Å²) in [5.74, 6) is 0.472. The summed E-state index contributed by atoms with van der Waals surface area (Å²) in [6.45, 7) is 1.80. The van der Waals surface area contributed by atoms with Gasteiger partial charge in [0.2, 0.25) is 0 Å². The average Bonchev–Trinajstić information content (AvgIpc) is 2.39. The van der Waals surface area contributed by atoms with Crippen molar-refractivity contribution in [3.63, 3.8) is 0 Å². The van der Waals surface area contributed by atoms with Gasteiger partial charge < -0.3 is 5.32 Å². The Bertz CT molecular complexity index is 620. The van der Waals surface area contributed by atoms with E-state index in [1.807, 2.05) is 18.2 Å². The molecule has 1 nitrogen and oxygen atoms in total. The third-order valence-corrected chi connectivity index (χ3v) is 4.73. The Morgan fingerprint density at radius 1 is 1.15 bits per heavy atom. The van der Waals surface area contributed by atoms with Crippen molar-refractivity contribution in [1.82, 2.24) is 0 Å². The Hall–Kier alpha value is -1.35. The van der Waals surface area contributed by atoms with Crippen molar-refractivity contribution in [1.29, 1.82) is 0 Å². The zero-order valence-electron chi connectivity index (χ0n) is 11.4. The van der Waals surface area contributed by atoms with E-state index < -0.39 is 0 Å². The topological polar surface area (TPSA) is 12.0 Å². The maximum absolute atomic E-state index is 13.2. The van der Waals surface area contributed by atoms with Gasteiger partial charge in [0, 0.05) is 16.2 Å². The first-order valence-electron chi connectivity index (χ1n) is 6.90. The van der Waals surface area contributed by atoms with Gasteiger partial charge in [-0.25, -0.2) is 4.39 Å². The molecule has 0 spiro atoms. The molecule has 0 atom stereocenters. The van der Waals surface area contributed by atoms with Crippen LogP contribution < -0.4 is 5.32 Å². The van der Waals surface area contributed by atoms with Crippen LogP contribution in [0.5, 0.6) is 0 Å². The van der Waals surface area contributed by atoms with E-state index in [-0.39, 0.29) is 5.82 Å². The second-order valence-electron chi connectivity index (χ2n) is 5.50. The Morgan fingerprint density at radius 2 is 1.90 bits per heavy atom. The number of halogens is 2. The molecule has 1 aliphatic rings. The average molecular weight is 334 g/mol. The lowest BCUT2D eigenvalue weighted by molar-refractivity contribution is 0.373. The minimum absolute atomic E-state index is 0.143. The van der Waals surface area contributed by atoms with Crippen LogP contribution in [0, 0.1) is 12.7 Å². The van der Waals surface area contributed by atoms with E-state index >= 15 is 0 Å². The third kappa shape index (κ3) is 2.73. The molecule has 0 aliphatic heterocycles. The van der Waals surface area contributed by atoms with Crippen LogP contribution in [0.3, 0.4) is 0 Å². The van der Waals surface area contributed by atoms with Crippen molar-refractivity contribution in [2.75, 3.05) is 5.32 Å². The highest BCUT2D eigenvalue weighted by molar-refractivity contribution is 9.10. The van der Waals surface area contributed by atoms with Crippen LogP contribution in [0.2, 0.25) is 0 Å². The predicted molar refractivity (Wildman–Crippen MR) is 84.7 cm³/mol. The molecule has 1 fully saturated rings. The smallest absolute Gasteiger partial charge is 0.126 e. The van der Waals surface area contributed by atoms with Crippen LogP contribution in [0.25, 0.3) is 0 Å². The fourth-order valence-electron chi connectivity index (χ4n) is 2.77. The molecule has 20 heavy (non-hydrogen) atoms. The number of hydrogen-bond donors (Lipinski definition) is 1. The third-order valence-electron chi connectivity index (χ3n) is 4.01. The van der Waals surface area contributed by atoms with Gasteiger partial charge >= 0.3 is 0 Å². The molecular formula is C17H17BrFN. The van der Waals surface area contributed by atoms with Crippen molar-refractivity contribution < 1.29 is 4.39 Å². The largest absolute Gasteiger partial charge is 0.382 e. The van der Waals surface area contributed by atoms with Crippen LogP contribution in [-0.4, -0.2) is 6.04 Å². The summed E-state index contributed by atoms with van der Waals surface area (Å²) in [6.07, 6.45) is 2.25. The summed E-state index contributed by atoms with van der Waals surface area (Å²) >= 11 is 3.61. The molecule has 3 rings (SSSR count). The number of nitrogens with one attached hydrogen (secondary N) is 1. The molecule has 2 aromatic carbocycles. The van der Waals surface area contributed by atoms with Crippen molar-refractivity contribution in [2.45, 2.75) is 31.7 Å². The van der Waals surface area contributed by atoms with E-state index in [9.17, 15) is 4.39 Å². The number of benzene rings is 2. The Labute approximate surface area is 127 Å². The van der Waals surface area contributed by atoms with E-state index in [1.54, 1.807) is 6.92 Å². The highest BCUT2D eigenvalue weighted by Gasteiger charge is 2.31. The van der Waals surface area contributed by atoms with E-state index in [0.29, 0.717) is 17.5 Å². The molecule has 0 heterocycles. The first-order chi connectivity index (χ1) is 9.63. The molecule has 0 radical (unpaired) electrons. The monoisotopic (exact) mass is 333 g/mol. The molecular weight excluding hydrogens is 317 g/mol. The van der Waals surface area contributed by atoms with Crippen LogP contribution >= 0.6 is 15.9 Å². The fourth-order valence-corrected chi connectivity index (χ4v) is 3.37. The fraction of sp³-hybridized carbons (Fsp3) is 0.294. The SMILES string of the molecule is Cc1cc(NC2CC(c3ccccc3Br)C2)ccc1F. The predicted octanol–water partition coefficient (Wildman–Crippen LogP) is 5.25. The molecule has 0 amide bonds. The molecule has 0 saturated heterocycles. The Kier molecular flexibility index (Phi) is 3.79. The Morgan fingerprint density at radius 3 is 2.60 bits per heavy atom. The normalized spacial score (nSPS) is 21.4. The van der Waals surface area contributed by atoms with Gasteiger partial charge in [-0.15, -0.1) is 0 Å². The summed E-state index contributed by atoms with van der Waals surface area (Å²) in [4.78, 5) is 0. The van der Waals surface area contributed by atoms with Gasteiger partial charge in [-0.05, 0) is 61.1 Å². The first-order valence-corrected chi connectivity index (χ1v) is 7.70. The second-order valence-corrected chi connectivity index (χ2v) is 6.35. The summed E-state index contributed by atoms with van der Waals surface area (Å²) < 4.78 is 14.4. The summed E-state index contributed by atoms with van der Waals surface area (Å²) in [7, 11) is 0. The van der Waals surface area contributed by atoms with Gasteiger partial charge in [0.05, 0.1) is 0 Å². The summed E-state index contributed by atoms with van der Waals surface area (Å²) in [6, 6.07) is 14.1. The maximum atomic E-state index is 13.2. The van der Waals surface area contributed by atoms with Crippen LogP contribution in [-0.2, 0) is 0 Å². The van der Waals surface area contributed by atoms with Gasteiger partial charge in [-0.2, -0.15) is 0 Å². The maximum Gasteiger partial charge on any atom is 0.126 e.